The van der Waals surface area contributed by atoms with Crippen molar-refractivity contribution in [1.29, 1.82) is 0 Å². The predicted octanol–water partition coefficient (Wildman–Crippen LogP) is 2.91. The van der Waals surface area contributed by atoms with Gasteiger partial charge in [0.1, 0.15) is 0 Å². The molecule has 4 nitrogen and oxygen atoms in total. The molecule has 1 rings (SSSR count). The molecule has 4 heteroatoms. The largest absolute Gasteiger partial charge is 0.465 e. The lowest BCUT2D eigenvalue weighted by Crippen LogP contribution is -2.47. The van der Waals surface area contributed by atoms with Crippen LogP contribution in [-0.4, -0.2) is 34.0 Å². The number of rotatable bonds is 3. The van der Waals surface area contributed by atoms with E-state index < -0.39 is 17.6 Å². The zero-order valence-corrected chi connectivity index (χ0v) is 11.2. The molecule has 1 fully saturated rings. The lowest BCUT2D eigenvalue weighted by Gasteiger charge is -2.30. The number of ketones is 1. The maximum atomic E-state index is 12.2. The molecule has 1 aliphatic rings. The highest BCUT2D eigenvalue weighted by Crippen LogP contribution is 2.32. The van der Waals surface area contributed by atoms with Crippen molar-refractivity contribution in [2.75, 3.05) is 0 Å². The number of hydrogen-bond acceptors (Lipinski definition) is 2. The topological polar surface area (TPSA) is 57.6 Å². The minimum atomic E-state index is -0.955. The molecule has 2 atom stereocenters. The van der Waals surface area contributed by atoms with Gasteiger partial charge in [-0.1, -0.05) is 34.1 Å². The number of hydrogen-bond donors (Lipinski definition) is 1. The van der Waals surface area contributed by atoms with E-state index in [0.717, 1.165) is 19.3 Å². The van der Waals surface area contributed by atoms with Crippen molar-refractivity contribution < 1.29 is 14.7 Å². The first-order chi connectivity index (χ1) is 7.79. The zero-order chi connectivity index (χ0) is 13.2. The van der Waals surface area contributed by atoms with E-state index in [2.05, 4.69) is 0 Å². The molecule has 0 aliphatic carbocycles. The SMILES string of the molecule is CCC[C@@H]1CC[C@H](C(=O)C(C)(C)C)N1C(=O)O. The number of carbonyl (C=O) groups excluding carboxylic acids is 1. The number of amides is 1. The van der Waals surface area contributed by atoms with Gasteiger partial charge in [0.05, 0.1) is 6.04 Å². The molecule has 98 valence electrons. The highest BCUT2D eigenvalue weighted by atomic mass is 16.4. The molecule has 1 heterocycles. The first-order valence-corrected chi connectivity index (χ1v) is 6.34. The fourth-order valence-electron chi connectivity index (χ4n) is 2.55. The van der Waals surface area contributed by atoms with E-state index in [1.165, 1.54) is 4.90 Å². The van der Waals surface area contributed by atoms with Crippen LogP contribution in [-0.2, 0) is 4.79 Å². The van der Waals surface area contributed by atoms with E-state index >= 15 is 0 Å². The smallest absolute Gasteiger partial charge is 0.408 e. The van der Waals surface area contributed by atoms with E-state index in [1.54, 1.807) is 0 Å². The van der Waals surface area contributed by atoms with Gasteiger partial charge < -0.3 is 5.11 Å². The third-order valence-corrected chi connectivity index (χ3v) is 3.39. The van der Waals surface area contributed by atoms with Crippen LogP contribution < -0.4 is 0 Å². The van der Waals surface area contributed by atoms with Crippen molar-refractivity contribution >= 4 is 11.9 Å². The third kappa shape index (κ3) is 2.99. The van der Waals surface area contributed by atoms with Crippen LogP contribution in [0.2, 0.25) is 0 Å². The summed E-state index contributed by atoms with van der Waals surface area (Å²) in [5, 5.41) is 9.27. The Balaban J connectivity index is 2.87. The predicted molar refractivity (Wildman–Crippen MR) is 66.0 cm³/mol. The maximum Gasteiger partial charge on any atom is 0.408 e. The number of carbonyl (C=O) groups is 2. The molecule has 1 N–H and O–H groups in total. The summed E-state index contributed by atoms with van der Waals surface area (Å²) in [7, 11) is 0. The van der Waals surface area contributed by atoms with Gasteiger partial charge in [-0.25, -0.2) is 4.79 Å². The van der Waals surface area contributed by atoms with Crippen LogP contribution in [0.5, 0.6) is 0 Å². The van der Waals surface area contributed by atoms with Crippen LogP contribution in [0.3, 0.4) is 0 Å². The molecular formula is C13H23NO3. The first kappa shape index (κ1) is 14.0. The molecular weight excluding hydrogens is 218 g/mol. The summed E-state index contributed by atoms with van der Waals surface area (Å²) in [4.78, 5) is 24.9. The molecule has 1 saturated heterocycles. The molecule has 0 aromatic heterocycles. The Bertz CT molecular complexity index is 306. The Morgan fingerprint density at radius 3 is 2.29 bits per heavy atom. The van der Waals surface area contributed by atoms with E-state index in [9.17, 15) is 14.7 Å². The lowest BCUT2D eigenvalue weighted by atomic mass is 9.85. The number of carboxylic acid groups (broad SMARTS) is 1. The summed E-state index contributed by atoms with van der Waals surface area (Å²) < 4.78 is 0. The summed E-state index contributed by atoms with van der Waals surface area (Å²) in [5.74, 6) is 0.0403. The second-order valence-electron chi connectivity index (χ2n) is 5.84. The van der Waals surface area contributed by atoms with Crippen molar-refractivity contribution in [2.45, 2.75) is 65.5 Å². The monoisotopic (exact) mass is 241 g/mol. The summed E-state index contributed by atoms with van der Waals surface area (Å²) in [5.41, 5.74) is -0.473. The molecule has 1 aliphatic heterocycles. The second-order valence-corrected chi connectivity index (χ2v) is 5.84. The van der Waals surface area contributed by atoms with Gasteiger partial charge >= 0.3 is 6.09 Å². The summed E-state index contributed by atoms with van der Waals surface area (Å²) in [6.45, 7) is 7.59. The lowest BCUT2D eigenvalue weighted by molar-refractivity contribution is -0.130. The van der Waals surface area contributed by atoms with Gasteiger partial charge in [-0.3, -0.25) is 9.69 Å². The molecule has 0 saturated carbocycles. The van der Waals surface area contributed by atoms with Crippen LogP contribution >= 0.6 is 0 Å². The Morgan fingerprint density at radius 2 is 1.88 bits per heavy atom. The van der Waals surface area contributed by atoms with Crippen LogP contribution in [0.4, 0.5) is 4.79 Å². The van der Waals surface area contributed by atoms with Crippen molar-refractivity contribution in [3.05, 3.63) is 0 Å². The standard InChI is InChI=1S/C13H23NO3/c1-5-6-9-7-8-10(14(9)12(16)17)11(15)13(2,3)4/h9-10H,5-8H2,1-4H3,(H,16,17)/t9-,10-/m1/s1. The van der Waals surface area contributed by atoms with E-state index in [1.807, 2.05) is 27.7 Å². The molecule has 0 unspecified atom stereocenters. The van der Waals surface area contributed by atoms with Crippen LogP contribution in [0.25, 0.3) is 0 Å². The molecule has 0 aromatic carbocycles. The number of Topliss-reactive ketones (excluding diaryl/α,β-unsaturated/α-hetero) is 1. The number of likely N-dealkylation sites (tertiary alicyclic amines) is 1. The summed E-state index contributed by atoms with van der Waals surface area (Å²) >= 11 is 0. The van der Waals surface area contributed by atoms with Crippen LogP contribution in [0.1, 0.15) is 53.4 Å². The van der Waals surface area contributed by atoms with Crippen LogP contribution in [0.15, 0.2) is 0 Å². The molecule has 17 heavy (non-hydrogen) atoms. The average Bonchev–Trinajstić information content (AvgIpc) is 2.59. The molecule has 0 radical (unpaired) electrons. The van der Waals surface area contributed by atoms with Crippen molar-refractivity contribution in [3.63, 3.8) is 0 Å². The van der Waals surface area contributed by atoms with Gasteiger partial charge in [0, 0.05) is 11.5 Å². The van der Waals surface area contributed by atoms with E-state index in [4.69, 9.17) is 0 Å². The summed E-state index contributed by atoms with van der Waals surface area (Å²) in [6.07, 6.45) is 2.33. The zero-order valence-electron chi connectivity index (χ0n) is 11.2. The van der Waals surface area contributed by atoms with Gasteiger partial charge in [-0.05, 0) is 19.3 Å². The third-order valence-electron chi connectivity index (χ3n) is 3.39. The van der Waals surface area contributed by atoms with Crippen molar-refractivity contribution in [2.24, 2.45) is 5.41 Å². The van der Waals surface area contributed by atoms with Gasteiger partial charge in [-0.2, -0.15) is 0 Å². The minimum Gasteiger partial charge on any atom is -0.465 e. The Morgan fingerprint density at radius 1 is 1.29 bits per heavy atom. The van der Waals surface area contributed by atoms with Crippen molar-refractivity contribution in [3.8, 4) is 0 Å². The highest BCUT2D eigenvalue weighted by Gasteiger charge is 2.43. The Hall–Kier alpha value is -1.06. The highest BCUT2D eigenvalue weighted by molar-refractivity contribution is 5.91. The first-order valence-electron chi connectivity index (χ1n) is 6.34. The number of nitrogens with zero attached hydrogens (tertiary/aromatic N) is 1. The normalized spacial score (nSPS) is 25.1. The van der Waals surface area contributed by atoms with Crippen molar-refractivity contribution in [1.82, 2.24) is 4.90 Å². The van der Waals surface area contributed by atoms with Gasteiger partial charge in [0.2, 0.25) is 0 Å². The maximum absolute atomic E-state index is 12.2. The molecule has 1 amide bonds. The average molecular weight is 241 g/mol. The molecule has 0 aromatic rings. The Kier molecular flexibility index (Phi) is 4.17. The quantitative estimate of drug-likeness (QED) is 0.826. The van der Waals surface area contributed by atoms with E-state index in [0.29, 0.717) is 6.42 Å². The minimum absolute atomic E-state index is 0.0220. The van der Waals surface area contributed by atoms with Gasteiger partial charge in [0.15, 0.2) is 5.78 Å². The molecule has 0 spiro atoms. The summed E-state index contributed by atoms with van der Waals surface area (Å²) in [6, 6.07) is -0.419. The van der Waals surface area contributed by atoms with Gasteiger partial charge in [0.25, 0.3) is 0 Å². The van der Waals surface area contributed by atoms with Crippen LogP contribution in [0, 0.1) is 5.41 Å². The van der Waals surface area contributed by atoms with Gasteiger partial charge in [-0.15, -0.1) is 0 Å². The molecule has 0 bridgehead atoms. The second kappa shape index (κ2) is 5.07. The van der Waals surface area contributed by atoms with E-state index in [-0.39, 0.29) is 11.8 Å². The fourth-order valence-corrected chi connectivity index (χ4v) is 2.55. The fraction of sp³-hybridized carbons (Fsp3) is 0.846. The Labute approximate surface area is 103 Å².